The zero-order valence-corrected chi connectivity index (χ0v) is 20.6. The molecule has 1 heterocycles. The molecule has 0 aromatic heterocycles. The maximum absolute atomic E-state index is 12.7. The van der Waals surface area contributed by atoms with Crippen molar-refractivity contribution < 1.29 is 52.1 Å². The molecule has 0 radical (unpaired) electrons. The monoisotopic (exact) mass is 531 g/mol. The summed E-state index contributed by atoms with van der Waals surface area (Å²) >= 11 is 0. The van der Waals surface area contributed by atoms with Crippen molar-refractivity contribution in [1.29, 1.82) is 0 Å². The lowest BCUT2D eigenvalue weighted by atomic mass is 9.96. The molecular formula is C17H25NO12S3. The van der Waals surface area contributed by atoms with Crippen molar-refractivity contribution >= 4 is 36.3 Å². The van der Waals surface area contributed by atoms with E-state index in [2.05, 4.69) is 5.32 Å². The van der Waals surface area contributed by atoms with Gasteiger partial charge < -0.3 is 14.8 Å². The normalized spacial score (nSPS) is 26.6. The molecule has 1 saturated heterocycles. The van der Waals surface area contributed by atoms with Gasteiger partial charge in [0.15, 0.2) is 6.29 Å². The molecule has 1 fully saturated rings. The molecule has 188 valence electrons. The minimum absolute atomic E-state index is 0.202. The first kappa shape index (κ1) is 27.6. The molecule has 2 rings (SSSR count). The molecule has 13 nitrogen and oxygen atoms in total. The highest BCUT2D eigenvalue weighted by Crippen LogP contribution is 2.29. The van der Waals surface area contributed by atoms with Crippen LogP contribution in [0.5, 0.6) is 0 Å². The number of hydrogen-bond acceptors (Lipinski definition) is 12. The van der Waals surface area contributed by atoms with Crippen LogP contribution in [0.4, 0.5) is 0 Å². The van der Waals surface area contributed by atoms with E-state index in [-0.39, 0.29) is 5.56 Å². The van der Waals surface area contributed by atoms with Gasteiger partial charge in [-0.3, -0.25) is 17.3 Å². The van der Waals surface area contributed by atoms with Gasteiger partial charge in [-0.15, -0.1) is 0 Å². The van der Waals surface area contributed by atoms with Gasteiger partial charge in [-0.1, -0.05) is 18.2 Å². The van der Waals surface area contributed by atoms with E-state index in [9.17, 15) is 30.0 Å². The average molecular weight is 532 g/mol. The Labute approximate surface area is 192 Å². The van der Waals surface area contributed by atoms with Crippen molar-refractivity contribution in [3.05, 3.63) is 35.9 Å². The van der Waals surface area contributed by atoms with Crippen LogP contribution in [-0.4, -0.2) is 94.3 Å². The predicted octanol–water partition coefficient (Wildman–Crippen LogP) is -1.18. The second kappa shape index (κ2) is 10.7. The van der Waals surface area contributed by atoms with E-state index in [1.54, 1.807) is 18.2 Å². The van der Waals surface area contributed by atoms with Crippen LogP contribution in [0.3, 0.4) is 0 Å². The lowest BCUT2D eigenvalue weighted by Crippen LogP contribution is -2.66. The van der Waals surface area contributed by atoms with Crippen LogP contribution in [0.25, 0.3) is 0 Å². The lowest BCUT2D eigenvalue weighted by Gasteiger charge is -2.44. The first-order valence-electron chi connectivity index (χ1n) is 9.25. The highest BCUT2D eigenvalue weighted by Gasteiger charge is 2.51. The van der Waals surface area contributed by atoms with E-state index in [1.807, 2.05) is 0 Å². The number of benzene rings is 1. The summed E-state index contributed by atoms with van der Waals surface area (Å²) in [4.78, 5) is 12.7. The topological polar surface area (TPSA) is 178 Å². The first-order chi connectivity index (χ1) is 15.1. The zero-order chi connectivity index (χ0) is 25.0. The molecule has 1 N–H and O–H groups in total. The molecule has 1 aromatic rings. The summed E-state index contributed by atoms with van der Waals surface area (Å²) in [5.41, 5.74) is 0.202. The summed E-state index contributed by atoms with van der Waals surface area (Å²) in [6.07, 6.45) is -4.14. The number of amides is 1. The Morgan fingerprint density at radius 2 is 1.45 bits per heavy atom. The van der Waals surface area contributed by atoms with E-state index >= 15 is 0 Å². The molecule has 33 heavy (non-hydrogen) atoms. The number of ether oxygens (including phenoxy) is 2. The lowest BCUT2D eigenvalue weighted by molar-refractivity contribution is -0.249. The summed E-state index contributed by atoms with van der Waals surface area (Å²) in [7, 11) is -11.3. The average Bonchev–Trinajstić information content (AvgIpc) is 2.67. The van der Waals surface area contributed by atoms with Crippen LogP contribution in [0.1, 0.15) is 10.4 Å². The third-order valence-electron chi connectivity index (χ3n) is 4.23. The van der Waals surface area contributed by atoms with Gasteiger partial charge in [0.2, 0.25) is 0 Å². The fourth-order valence-corrected chi connectivity index (χ4v) is 4.69. The molecule has 0 unspecified atom stereocenters. The molecule has 5 atom stereocenters. The number of hydrogen-bond donors (Lipinski definition) is 1. The van der Waals surface area contributed by atoms with E-state index in [4.69, 9.17) is 22.0 Å². The van der Waals surface area contributed by atoms with Gasteiger partial charge >= 0.3 is 0 Å². The number of carbonyl (C=O) groups excluding carboxylic acids is 1. The Balaban J connectivity index is 2.50. The second-order valence-electron chi connectivity index (χ2n) is 7.16. The Morgan fingerprint density at radius 1 is 0.909 bits per heavy atom. The van der Waals surface area contributed by atoms with Crippen molar-refractivity contribution in [2.75, 3.05) is 32.5 Å². The van der Waals surface area contributed by atoms with Crippen LogP contribution in [0, 0.1) is 0 Å². The summed E-state index contributed by atoms with van der Waals surface area (Å²) in [6.45, 7) is -0.748. The number of carbonyl (C=O) groups is 1. The zero-order valence-electron chi connectivity index (χ0n) is 18.1. The molecule has 1 amide bonds. The highest BCUT2D eigenvalue weighted by atomic mass is 32.2. The Kier molecular flexibility index (Phi) is 8.97. The third kappa shape index (κ3) is 8.90. The Morgan fingerprint density at radius 3 is 1.94 bits per heavy atom. The third-order valence-corrected chi connectivity index (χ3v) is 5.94. The molecule has 1 aliphatic rings. The quantitative estimate of drug-likeness (QED) is 0.358. The minimum atomic E-state index is -4.24. The first-order valence-corrected chi connectivity index (χ1v) is 14.7. The molecule has 0 aliphatic carbocycles. The van der Waals surface area contributed by atoms with Crippen LogP contribution in [0.15, 0.2) is 30.3 Å². The second-order valence-corrected chi connectivity index (χ2v) is 12.0. The number of methoxy groups -OCH3 is 1. The molecule has 0 bridgehead atoms. The van der Waals surface area contributed by atoms with Gasteiger partial charge in [0.25, 0.3) is 36.3 Å². The molecule has 1 aromatic carbocycles. The molecular weight excluding hydrogens is 506 g/mol. The largest absolute Gasteiger partial charge is 0.354 e. The van der Waals surface area contributed by atoms with Crippen molar-refractivity contribution in [3.8, 4) is 0 Å². The van der Waals surface area contributed by atoms with Crippen LogP contribution >= 0.6 is 0 Å². The number of rotatable bonds is 10. The van der Waals surface area contributed by atoms with Gasteiger partial charge in [0.1, 0.15) is 24.4 Å². The predicted molar refractivity (Wildman–Crippen MR) is 114 cm³/mol. The fraction of sp³-hybridized carbons (Fsp3) is 0.588. The maximum atomic E-state index is 12.7. The van der Waals surface area contributed by atoms with E-state index < -0.39 is 73.5 Å². The maximum Gasteiger partial charge on any atom is 0.264 e. The molecule has 16 heteroatoms. The SMILES string of the molecule is CO[C@@H]1O[C@H](COS(C)(=O)=O)[C@@H](OS(C)(=O)=O)[C@H](OS(C)(=O)=O)[C@H]1NC(=O)c1ccccc1. The van der Waals surface area contributed by atoms with Gasteiger partial charge in [-0.05, 0) is 12.1 Å². The summed E-state index contributed by atoms with van der Waals surface area (Å²) in [5.74, 6) is -0.669. The van der Waals surface area contributed by atoms with Crippen molar-refractivity contribution in [2.45, 2.75) is 30.6 Å². The summed E-state index contributed by atoms with van der Waals surface area (Å²) in [6, 6.07) is 6.45. The minimum Gasteiger partial charge on any atom is -0.354 e. The van der Waals surface area contributed by atoms with Gasteiger partial charge in [0.05, 0.1) is 25.4 Å². The van der Waals surface area contributed by atoms with Crippen molar-refractivity contribution in [1.82, 2.24) is 5.32 Å². The smallest absolute Gasteiger partial charge is 0.264 e. The van der Waals surface area contributed by atoms with E-state index in [0.717, 1.165) is 6.26 Å². The van der Waals surface area contributed by atoms with Crippen LogP contribution < -0.4 is 5.32 Å². The number of nitrogens with one attached hydrogen (secondary N) is 1. The van der Waals surface area contributed by atoms with Crippen molar-refractivity contribution in [3.63, 3.8) is 0 Å². The van der Waals surface area contributed by atoms with Crippen LogP contribution in [0.2, 0.25) is 0 Å². The summed E-state index contributed by atoms with van der Waals surface area (Å²) in [5, 5.41) is 2.51. The molecule has 0 spiro atoms. The molecule has 1 aliphatic heterocycles. The Bertz CT molecular complexity index is 1130. The summed E-state index contributed by atoms with van der Waals surface area (Å²) < 4.78 is 96.2. The van der Waals surface area contributed by atoms with E-state index in [0.29, 0.717) is 12.5 Å². The van der Waals surface area contributed by atoms with Crippen molar-refractivity contribution in [2.24, 2.45) is 0 Å². The standard InChI is InChI=1S/C17H25NO12S3/c1-26-17-13(18-16(19)11-8-6-5-7-9-11)15(30-33(4,24)25)14(29-32(3,22)23)12(28-17)10-27-31(2,20)21/h5-9,12-15,17H,10H2,1-4H3,(H,18,19)/t12-,13-,14-,15-,17-/m1/s1. The van der Waals surface area contributed by atoms with Gasteiger partial charge in [-0.25, -0.2) is 0 Å². The molecule has 0 saturated carbocycles. The van der Waals surface area contributed by atoms with E-state index in [1.165, 1.54) is 19.2 Å². The van der Waals surface area contributed by atoms with Gasteiger partial charge in [-0.2, -0.15) is 25.3 Å². The highest BCUT2D eigenvalue weighted by molar-refractivity contribution is 7.86. The van der Waals surface area contributed by atoms with Gasteiger partial charge in [0, 0.05) is 12.7 Å². The van der Waals surface area contributed by atoms with Crippen LogP contribution in [-0.2, 0) is 52.4 Å². The fourth-order valence-electron chi connectivity index (χ4n) is 3.04. The Hall–Kier alpha value is -1.66.